The molecular formula is C9H19NO3. The number of carboxylic acid groups (broad SMARTS) is 1. The van der Waals surface area contributed by atoms with Gasteiger partial charge in [0.05, 0.1) is 0 Å². The second kappa shape index (κ2) is 5.19. The van der Waals surface area contributed by atoms with Gasteiger partial charge in [-0.25, -0.2) is 4.79 Å². The summed E-state index contributed by atoms with van der Waals surface area (Å²) in [5.74, 6) is -0.605. The van der Waals surface area contributed by atoms with Crippen LogP contribution in [0, 0.1) is 5.92 Å². The number of carbonyl (C=O) groups is 1. The lowest BCUT2D eigenvalue weighted by atomic mass is 10.1. The standard InChI is InChI=1S/C9H19NO3/c1-7(2)4-5-10-6-9(3,13)8(11)12/h7,10,13H,4-6H2,1-3H3,(H,11,12). The van der Waals surface area contributed by atoms with Crippen LogP contribution in [0.4, 0.5) is 0 Å². The molecular weight excluding hydrogens is 170 g/mol. The Morgan fingerprint density at radius 1 is 1.54 bits per heavy atom. The first-order valence-corrected chi connectivity index (χ1v) is 4.52. The van der Waals surface area contributed by atoms with Crippen LogP contribution in [0.25, 0.3) is 0 Å². The molecule has 0 bridgehead atoms. The monoisotopic (exact) mass is 189 g/mol. The highest BCUT2D eigenvalue weighted by Gasteiger charge is 2.28. The molecule has 0 fully saturated rings. The molecule has 3 N–H and O–H groups in total. The highest BCUT2D eigenvalue weighted by Crippen LogP contribution is 2.01. The Hall–Kier alpha value is -0.610. The summed E-state index contributed by atoms with van der Waals surface area (Å²) in [4.78, 5) is 10.5. The van der Waals surface area contributed by atoms with E-state index in [2.05, 4.69) is 19.2 Å². The van der Waals surface area contributed by atoms with Crippen molar-refractivity contribution in [3.8, 4) is 0 Å². The Morgan fingerprint density at radius 2 is 2.08 bits per heavy atom. The Bertz CT molecular complexity index is 166. The summed E-state index contributed by atoms with van der Waals surface area (Å²) in [5, 5.41) is 20.8. The van der Waals surface area contributed by atoms with Crippen molar-refractivity contribution in [3.05, 3.63) is 0 Å². The van der Waals surface area contributed by atoms with Crippen LogP contribution in [-0.2, 0) is 4.79 Å². The molecule has 4 heteroatoms. The van der Waals surface area contributed by atoms with Gasteiger partial charge in [-0.05, 0) is 25.8 Å². The van der Waals surface area contributed by atoms with Gasteiger partial charge in [-0.15, -0.1) is 0 Å². The molecule has 0 saturated heterocycles. The van der Waals surface area contributed by atoms with Crippen LogP contribution in [-0.4, -0.2) is 34.9 Å². The molecule has 0 heterocycles. The lowest BCUT2D eigenvalue weighted by Gasteiger charge is -2.18. The summed E-state index contributed by atoms with van der Waals surface area (Å²) in [5.41, 5.74) is -1.66. The van der Waals surface area contributed by atoms with Crippen LogP contribution in [0.2, 0.25) is 0 Å². The van der Waals surface area contributed by atoms with E-state index in [0.717, 1.165) is 13.0 Å². The summed E-state index contributed by atoms with van der Waals surface area (Å²) >= 11 is 0. The highest BCUT2D eigenvalue weighted by molar-refractivity contribution is 5.76. The Morgan fingerprint density at radius 3 is 2.46 bits per heavy atom. The van der Waals surface area contributed by atoms with Crippen LogP contribution < -0.4 is 5.32 Å². The van der Waals surface area contributed by atoms with Gasteiger partial charge in [0.15, 0.2) is 5.60 Å². The van der Waals surface area contributed by atoms with E-state index in [9.17, 15) is 9.90 Å². The fraction of sp³-hybridized carbons (Fsp3) is 0.889. The van der Waals surface area contributed by atoms with Crippen molar-refractivity contribution in [3.63, 3.8) is 0 Å². The van der Waals surface area contributed by atoms with Crippen LogP contribution in [0.3, 0.4) is 0 Å². The maximum atomic E-state index is 10.5. The first-order valence-electron chi connectivity index (χ1n) is 4.52. The molecule has 0 spiro atoms. The predicted molar refractivity (Wildman–Crippen MR) is 50.6 cm³/mol. The predicted octanol–water partition coefficient (Wildman–Crippen LogP) is 0.458. The van der Waals surface area contributed by atoms with Crippen molar-refractivity contribution in [2.24, 2.45) is 5.92 Å². The minimum atomic E-state index is -1.66. The van der Waals surface area contributed by atoms with E-state index in [4.69, 9.17) is 5.11 Å². The van der Waals surface area contributed by atoms with Gasteiger partial charge in [0.2, 0.25) is 0 Å². The Balaban J connectivity index is 3.58. The number of aliphatic hydroxyl groups is 1. The van der Waals surface area contributed by atoms with Gasteiger partial charge >= 0.3 is 5.97 Å². The largest absolute Gasteiger partial charge is 0.479 e. The van der Waals surface area contributed by atoms with E-state index in [0.29, 0.717) is 5.92 Å². The molecule has 0 saturated carbocycles. The minimum Gasteiger partial charge on any atom is -0.479 e. The number of rotatable bonds is 6. The second-order valence-electron chi connectivity index (χ2n) is 3.94. The van der Waals surface area contributed by atoms with E-state index in [1.165, 1.54) is 6.92 Å². The Labute approximate surface area is 79.0 Å². The first-order chi connectivity index (χ1) is 5.86. The van der Waals surface area contributed by atoms with Crippen LogP contribution in [0.15, 0.2) is 0 Å². The van der Waals surface area contributed by atoms with Crippen LogP contribution in [0.5, 0.6) is 0 Å². The van der Waals surface area contributed by atoms with E-state index in [1.807, 2.05) is 0 Å². The normalized spacial score (nSPS) is 15.8. The minimum absolute atomic E-state index is 0.0923. The smallest absolute Gasteiger partial charge is 0.336 e. The molecule has 1 unspecified atom stereocenters. The third-order valence-corrected chi connectivity index (χ3v) is 1.83. The maximum Gasteiger partial charge on any atom is 0.336 e. The average molecular weight is 189 g/mol. The van der Waals surface area contributed by atoms with Gasteiger partial charge in [0, 0.05) is 6.54 Å². The molecule has 0 aliphatic heterocycles. The molecule has 13 heavy (non-hydrogen) atoms. The molecule has 0 aromatic heterocycles. The number of nitrogens with one attached hydrogen (secondary N) is 1. The number of hydrogen-bond acceptors (Lipinski definition) is 3. The molecule has 0 aliphatic carbocycles. The lowest BCUT2D eigenvalue weighted by Crippen LogP contribution is -2.45. The molecule has 0 aromatic rings. The van der Waals surface area contributed by atoms with Crippen molar-refractivity contribution < 1.29 is 15.0 Å². The summed E-state index contributed by atoms with van der Waals surface area (Å²) in [6.07, 6.45) is 0.982. The van der Waals surface area contributed by atoms with Gasteiger partial charge in [-0.2, -0.15) is 0 Å². The van der Waals surface area contributed by atoms with E-state index in [-0.39, 0.29) is 6.54 Å². The van der Waals surface area contributed by atoms with Gasteiger partial charge in [-0.3, -0.25) is 0 Å². The van der Waals surface area contributed by atoms with E-state index >= 15 is 0 Å². The van der Waals surface area contributed by atoms with E-state index in [1.54, 1.807) is 0 Å². The first kappa shape index (κ1) is 12.4. The van der Waals surface area contributed by atoms with Crippen LogP contribution in [0.1, 0.15) is 27.2 Å². The molecule has 0 radical (unpaired) electrons. The van der Waals surface area contributed by atoms with Crippen molar-refractivity contribution in [2.75, 3.05) is 13.1 Å². The van der Waals surface area contributed by atoms with Crippen LogP contribution >= 0.6 is 0 Å². The molecule has 0 aromatic carbocycles. The zero-order chi connectivity index (χ0) is 10.5. The highest BCUT2D eigenvalue weighted by atomic mass is 16.4. The molecule has 1 atom stereocenters. The summed E-state index contributed by atoms with van der Waals surface area (Å²) in [6.45, 7) is 6.31. The zero-order valence-electron chi connectivity index (χ0n) is 8.50. The fourth-order valence-corrected chi connectivity index (χ4v) is 0.798. The van der Waals surface area contributed by atoms with Gasteiger partial charge in [0.1, 0.15) is 0 Å². The molecule has 0 amide bonds. The summed E-state index contributed by atoms with van der Waals surface area (Å²) < 4.78 is 0. The Kier molecular flexibility index (Phi) is 4.95. The van der Waals surface area contributed by atoms with Crippen molar-refractivity contribution in [2.45, 2.75) is 32.8 Å². The zero-order valence-corrected chi connectivity index (χ0v) is 8.50. The average Bonchev–Trinajstić information content (AvgIpc) is 1.97. The molecule has 0 aliphatic rings. The second-order valence-corrected chi connectivity index (χ2v) is 3.94. The summed E-state index contributed by atoms with van der Waals surface area (Å²) in [7, 11) is 0. The molecule has 78 valence electrons. The number of carboxylic acids is 1. The lowest BCUT2D eigenvalue weighted by molar-refractivity contribution is -0.156. The third kappa shape index (κ3) is 5.60. The summed E-state index contributed by atoms with van der Waals surface area (Å²) in [6, 6.07) is 0. The van der Waals surface area contributed by atoms with Crippen molar-refractivity contribution in [1.82, 2.24) is 5.32 Å². The number of aliphatic carboxylic acids is 1. The number of hydrogen-bond donors (Lipinski definition) is 3. The van der Waals surface area contributed by atoms with Gasteiger partial charge in [0.25, 0.3) is 0 Å². The van der Waals surface area contributed by atoms with Gasteiger partial charge in [-0.1, -0.05) is 13.8 Å². The van der Waals surface area contributed by atoms with E-state index < -0.39 is 11.6 Å². The van der Waals surface area contributed by atoms with Crippen molar-refractivity contribution >= 4 is 5.97 Å². The molecule has 0 rings (SSSR count). The van der Waals surface area contributed by atoms with Gasteiger partial charge < -0.3 is 15.5 Å². The van der Waals surface area contributed by atoms with Crippen molar-refractivity contribution in [1.29, 1.82) is 0 Å². The quantitative estimate of drug-likeness (QED) is 0.531. The fourth-order valence-electron chi connectivity index (χ4n) is 0.798. The molecule has 4 nitrogen and oxygen atoms in total. The topological polar surface area (TPSA) is 69.6 Å². The third-order valence-electron chi connectivity index (χ3n) is 1.83. The SMILES string of the molecule is CC(C)CCNCC(C)(O)C(=O)O. The maximum absolute atomic E-state index is 10.5.